The molecule has 0 bridgehead atoms. The predicted molar refractivity (Wildman–Crippen MR) is 60.0 cm³/mol. The fourth-order valence-electron chi connectivity index (χ4n) is 1.79. The van der Waals surface area contributed by atoms with E-state index < -0.39 is 11.5 Å². The molecular weight excluding hydrogens is 214 g/mol. The first-order valence-corrected chi connectivity index (χ1v) is 6.49. The molecule has 0 aliphatic heterocycles. The Labute approximate surface area is 93.8 Å². The van der Waals surface area contributed by atoms with Crippen LogP contribution in [0.1, 0.15) is 32.1 Å². The van der Waals surface area contributed by atoms with Gasteiger partial charge < -0.3 is 10.4 Å². The van der Waals surface area contributed by atoms with E-state index in [1.54, 1.807) is 11.8 Å². The van der Waals surface area contributed by atoms with E-state index in [0.29, 0.717) is 6.42 Å². The smallest absolute Gasteiger partial charge is 0.305 e. The van der Waals surface area contributed by atoms with Crippen LogP contribution in [-0.4, -0.2) is 34.5 Å². The van der Waals surface area contributed by atoms with Crippen molar-refractivity contribution in [1.82, 2.24) is 5.32 Å². The number of carbonyl (C=O) groups is 2. The number of carbonyl (C=O) groups excluding carboxylic acids is 1. The van der Waals surface area contributed by atoms with Crippen LogP contribution in [0, 0.1) is 0 Å². The zero-order valence-corrected chi connectivity index (χ0v) is 9.73. The molecule has 0 aromatic rings. The van der Waals surface area contributed by atoms with E-state index in [1.165, 1.54) is 0 Å². The van der Waals surface area contributed by atoms with Gasteiger partial charge in [-0.1, -0.05) is 0 Å². The molecule has 1 rings (SSSR count). The molecule has 2 N–H and O–H groups in total. The van der Waals surface area contributed by atoms with Gasteiger partial charge in [-0.15, -0.1) is 0 Å². The van der Waals surface area contributed by atoms with Gasteiger partial charge in [-0.05, 0) is 25.5 Å². The minimum Gasteiger partial charge on any atom is -0.481 e. The quantitative estimate of drug-likeness (QED) is 0.722. The van der Waals surface area contributed by atoms with Crippen molar-refractivity contribution >= 4 is 23.6 Å². The molecule has 1 aliphatic carbocycles. The summed E-state index contributed by atoms with van der Waals surface area (Å²) < 4.78 is 0. The van der Waals surface area contributed by atoms with Crippen molar-refractivity contribution in [2.75, 3.05) is 12.0 Å². The molecule has 1 fully saturated rings. The largest absolute Gasteiger partial charge is 0.481 e. The SMILES string of the molecule is CSCCC(=O)NC1(CC(=O)O)CCC1. The van der Waals surface area contributed by atoms with Crippen LogP contribution < -0.4 is 5.32 Å². The second-order valence-electron chi connectivity index (χ2n) is 4.00. The monoisotopic (exact) mass is 231 g/mol. The summed E-state index contributed by atoms with van der Waals surface area (Å²) in [6.07, 6.45) is 5.08. The number of amides is 1. The molecule has 0 radical (unpaired) electrons. The Morgan fingerprint density at radius 1 is 1.47 bits per heavy atom. The Kier molecular flexibility index (Phi) is 4.45. The molecule has 15 heavy (non-hydrogen) atoms. The third-order valence-corrected chi connectivity index (χ3v) is 3.35. The van der Waals surface area contributed by atoms with Crippen molar-refractivity contribution in [3.8, 4) is 0 Å². The molecule has 86 valence electrons. The van der Waals surface area contributed by atoms with Crippen LogP contribution in [0.2, 0.25) is 0 Å². The van der Waals surface area contributed by atoms with Gasteiger partial charge in [0.05, 0.1) is 12.0 Å². The van der Waals surface area contributed by atoms with Crippen LogP contribution in [-0.2, 0) is 9.59 Å². The number of carboxylic acids is 1. The van der Waals surface area contributed by atoms with Crippen molar-refractivity contribution < 1.29 is 14.7 Å². The molecule has 1 aliphatic rings. The van der Waals surface area contributed by atoms with Crippen molar-refractivity contribution in [2.24, 2.45) is 0 Å². The van der Waals surface area contributed by atoms with E-state index in [0.717, 1.165) is 25.0 Å². The highest BCUT2D eigenvalue weighted by Crippen LogP contribution is 2.34. The number of thioether (sulfide) groups is 1. The average molecular weight is 231 g/mol. The summed E-state index contributed by atoms with van der Waals surface area (Å²) in [7, 11) is 0. The minimum absolute atomic E-state index is 0.0229. The Bertz CT molecular complexity index is 251. The number of rotatable bonds is 6. The van der Waals surface area contributed by atoms with E-state index in [1.807, 2.05) is 6.26 Å². The summed E-state index contributed by atoms with van der Waals surface area (Å²) >= 11 is 1.62. The van der Waals surface area contributed by atoms with Crippen LogP contribution >= 0.6 is 11.8 Å². The molecule has 0 aromatic heterocycles. The van der Waals surface area contributed by atoms with Gasteiger partial charge in [-0.2, -0.15) is 11.8 Å². The summed E-state index contributed by atoms with van der Waals surface area (Å²) in [6, 6.07) is 0. The fraction of sp³-hybridized carbons (Fsp3) is 0.800. The maximum atomic E-state index is 11.5. The van der Waals surface area contributed by atoms with E-state index in [2.05, 4.69) is 5.32 Å². The van der Waals surface area contributed by atoms with E-state index in [4.69, 9.17) is 5.11 Å². The Hall–Kier alpha value is -0.710. The molecular formula is C10H17NO3S. The lowest BCUT2D eigenvalue weighted by Crippen LogP contribution is -2.54. The third-order valence-electron chi connectivity index (χ3n) is 2.74. The van der Waals surface area contributed by atoms with E-state index in [9.17, 15) is 9.59 Å². The maximum absolute atomic E-state index is 11.5. The van der Waals surface area contributed by atoms with Gasteiger partial charge in [-0.25, -0.2) is 0 Å². The van der Waals surface area contributed by atoms with Gasteiger partial charge in [-0.3, -0.25) is 9.59 Å². The molecule has 0 atom stereocenters. The minimum atomic E-state index is -0.833. The van der Waals surface area contributed by atoms with E-state index in [-0.39, 0.29) is 12.3 Å². The van der Waals surface area contributed by atoms with Crippen molar-refractivity contribution in [1.29, 1.82) is 0 Å². The maximum Gasteiger partial charge on any atom is 0.305 e. The summed E-state index contributed by atoms with van der Waals surface area (Å²) in [5, 5.41) is 11.6. The zero-order valence-electron chi connectivity index (χ0n) is 8.91. The molecule has 4 nitrogen and oxygen atoms in total. The summed E-state index contributed by atoms with van der Waals surface area (Å²) in [4.78, 5) is 22.1. The fourth-order valence-corrected chi connectivity index (χ4v) is 2.18. The van der Waals surface area contributed by atoms with Crippen LogP contribution in [0.5, 0.6) is 0 Å². The van der Waals surface area contributed by atoms with Gasteiger partial charge in [0.2, 0.25) is 5.91 Å². The van der Waals surface area contributed by atoms with Crippen LogP contribution in [0.4, 0.5) is 0 Å². The van der Waals surface area contributed by atoms with Crippen LogP contribution in [0.3, 0.4) is 0 Å². The molecule has 0 unspecified atom stereocenters. The highest BCUT2D eigenvalue weighted by atomic mass is 32.2. The second-order valence-corrected chi connectivity index (χ2v) is 4.98. The summed E-state index contributed by atoms with van der Waals surface area (Å²) in [5.74, 6) is -0.0696. The molecule has 0 spiro atoms. The summed E-state index contributed by atoms with van der Waals surface area (Å²) in [6.45, 7) is 0. The van der Waals surface area contributed by atoms with Gasteiger partial charge in [0.1, 0.15) is 0 Å². The normalized spacial score (nSPS) is 17.9. The van der Waals surface area contributed by atoms with Crippen LogP contribution in [0.25, 0.3) is 0 Å². The van der Waals surface area contributed by atoms with Gasteiger partial charge >= 0.3 is 5.97 Å². The van der Waals surface area contributed by atoms with Crippen molar-refractivity contribution in [2.45, 2.75) is 37.6 Å². The highest BCUT2D eigenvalue weighted by Gasteiger charge is 2.40. The number of aliphatic carboxylic acids is 1. The van der Waals surface area contributed by atoms with E-state index >= 15 is 0 Å². The third kappa shape index (κ3) is 3.74. The van der Waals surface area contributed by atoms with Crippen molar-refractivity contribution in [3.63, 3.8) is 0 Å². The molecule has 1 amide bonds. The number of carboxylic acid groups (broad SMARTS) is 1. The number of nitrogens with one attached hydrogen (secondary N) is 1. The first kappa shape index (κ1) is 12.4. The second kappa shape index (κ2) is 5.39. The van der Waals surface area contributed by atoms with Crippen molar-refractivity contribution in [3.05, 3.63) is 0 Å². The molecule has 0 aromatic carbocycles. The first-order valence-electron chi connectivity index (χ1n) is 5.10. The summed E-state index contributed by atoms with van der Waals surface area (Å²) in [5.41, 5.74) is -0.443. The molecule has 0 saturated heterocycles. The average Bonchev–Trinajstić information content (AvgIpc) is 2.10. The lowest BCUT2D eigenvalue weighted by atomic mass is 9.74. The standard InChI is InChI=1S/C10H17NO3S/c1-15-6-3-8(12)11-10(4-2-5-10)7-9(13)14/h2-7H2,1H3,(H,11,12)(H,13,14). The predicted octanol–water partition coefficient (Wildman–Crippen LogP) is 1.25. The Morgan fingerprint density at radius 2 is 2.13 bits per heavy atom. The number of hydrogen-bond acceptors (Lipinski definition) is 3. The zero-order chi connectivity index (χ0) is 11.3. The molecule has 1 saturated carbocycles. The van der Waals surface area contributed by atoms with Gasteiger partial charge in [0.15, 0.2) is 0 Å². The Balaban J connectivity index is 2.38. The Morgan fingerprint density at radius 3 is 2.53 bits per heavy atom. The highest BCUT2D eigenvalue weighted by molar-refractivity contribution is 7.98. The first-order chi connectivity index (χ1) is 7.08. The lowest BCUT2D eigenvalue weighted by molar-refractivity contribution is -0.140. The van der Waals surface area contributed by atoms with Gasteiger partial charge in [0.25, 0.3) is 0 Å². The topological polar surface area (TPSA) is 66.4 Å². The number of hydrogen-bond donors (Lipinski definition) is 2. The lowest BCUT2D eigenvalue weighted by Gasteiger charge is -2.41. The molecule has 0 heterocycles. The van der Waals surface area contributed by atoms with Crippen LogP contribution in [0.15, 0.2) is 0 Å². The van der Waals surface area contributed by atoms with Gasteiger partial charge in [0, 0.05) is 12.2 Å². The molecule has 5 heteroatoms.